The Labute approximate surface area is 200 Å². The summed E-state index contributed by atoms with van der Waals surface area (Å²) in [6.07, 6.45) is 0.178. The highest BCUT2D eigenvalue weighted by Crippen LogP contribution is 2.30. The van der Waals surface area contributed by atoms with Crippen LogP contribution in [0.15, 0.2) is 59.8 Å². The number of nitrogen functional groups attached to an aromatic ring is 1. The molecule has 8 nitrogen and oxygen atoms in total. The van der Waals surface area contributed by atoms with Crippen LogP contribution in [0.3, 0.4) is 0 Å². The molecule has 0 aliphatic carbocycles. The summed E-state index contributed by atoms with van der Waals surface area (Å²) in [5.74, 6) is 6.20. The molecular formula is C24H22FN7OS. The fraction of sp³-hybridized carbons (Fsp3) is 0.167. The Hall–Kier alpha value is -4.10. The third kappa shape index (κ3) is 4.51. The maximum absolute atomic E-state index is 13.9. The lowest BCUT2D eigenvalue weighted by Gasteiger charge is -2.13. The van der Waals surface area contributed by atoms with Crippen LogP contribution in [0.1, 0.15) is 28.2 Å². The number of para-hydroxylation sites is 1. The third-order valence-corrected chi connectivity index (χ3v) is 6.41. The SMILES string of the molecule is Cc1c(C#N)c(NC(=O)CSc2nnc(Cc3ccccc3F)n2N)n(-c2ccccc2)c1C. The number of hydrogen-bond acceptors (Lipinski definition) is 6. The van der Waals surface area contributed by atoms with E-state index in [-0.39, 0.29) is 23.9 Å². The predicted molar refractivity (Wildman–Crippen MR) is 129 cm³/mol. The number of carbonyl (C=O) groups excluding carboxylic acids is 1. The number of benzene rings is 2. The largest absolute Gasteiger partial charge is 0.336 e. The van der Waals surface area contributed by atoms with Gasteiger partial charge in [0.2, 0.25) is 11.1 Å². The second-order valence-corrected chi connectivity index (χ2v) is 8.53. The molecule has 1 amide bonds. The summed E-state index contributed by atoms with van der Waals surface area (Å²) < 4.78 is 17.1. The molecule has 4 aromatic rings. The number of hydrogen-bond donors (Lipinski definition) is 2. The predicted octanol–water partition coefficient (Wildman–Crippen LogP) is 3.73. The van der Waals surface area contributed by atoms with Crippen molar-refractivity contribution in [2.75, 3.05) is 16.9 Å². The van der Waals surface area contributed by atoms with E-state index >= 15 is 0 Å². The lowest BCUT2D eigenvalue weighted by Crippen LogP contribution is -2.19. The smallest absolute Gasteiger partial charge is 0.236 e. The topological polar surface area (TPSA) is 115 Å². The Balaban J connectivity index is 1.50. The first-order valence-electron chi connectivity index (χ1n) is 10.4. The van der Waals surface area contributed by atoms with Crippen LogP contribution in [0, 0.1) is 31.0 Å². The fourth-order valence-electron chi connectivity index (χ4n) is 3.60. The molecule has 172 valence electrons. The average molecular weight is 476 g/mol. The van der Waals surface area contributed by atoms with E-state index in [0.717, 1.165) is 28.7 Å². The lowest BCUT2D eigenvalue weighted by atomic mass is 10.1. The highest BCUT2D eigenvalue weighted by atomic mass is 32.2. The highest BCUT2D eigenvalue weighted by molar-refractivity contribution is 7.99. The second-order valence-electron chi connectivity index (χ2n) is 7.59. The van der Waals surface area contributed by atoms with Crippen molar-refractivity contribution < 1.29 is 9.18 Å². The number of carbonyl (C=O) groups is 1. The molecule has 34 heavy (non-hydrogen) atoms. The first-order valence-corrected chi connectivity index (χ1v) is 11.4. The number of anilines is 1. The van der Waals surface area contributed by atoms with E-state index in [1.54, 1.807) is 18.2 Å². The molecule has 0 unspecified atom stereocenters. The maximum Gasteiger partial charge on any atom is 0.236 e. The summed E-state index contributed by atoms with van der Waals surface area (Å²) in [6, 6.07) is 18.1. The Bertz CT molecular complexity index is 1390. The molecule has 10 heteroatoms. The van der Waals surface area contributed by atoms with Crippen molar-refractivity contribution in [3.63, 3.8) is 0 Å². The van der Waals surface area contributed by atoms with Crippen LogP contribution in [0.5, 0.6) is 0 Å². The fourth-order valence-corrected chi connectivity index (χ4v) is 4.27. The van der Waals surface area contributed by atoms with Crippen LogP contribution in [0.2, 0.25) is 0 Å². The molecule has 3 N–H and O–H groups in total. The summed E-state index contributed by atoms with van der Waals surface area (Å²) in [5.41, 5.74) is 3.37. The maximum atomic E-state index is 13.9. The molecule has 0 aliphatic heterocycles. The zero-order valence-electron chi connectivity index (χ0n) is 18.6. The monoisotopic (exact) mass is 475 g/mol. The van der Waals surface area contributed by atoms with Crippen molar-refractivity contribution >= 4 is 23.5 Å². The molecule has 0 aliphatic rings. The van der Waals surface area contributed by atoms with Crippen LogP contribution in [-0.4, -0.2) is 31.1 Å². The number of nitrogens with one attached hydrogen (secondary N) is 1. The minimum atomic E-state index is -0.348. The average Bonchev–Trinajstić information content (AvgIpc) is 3.30. The molecule has 2 aromatic heterocycles. The molecule has 2 aromatic carbocycles. The van der Waals surface area contributed by atoms with E-state index in [1.165, 1.54) is 10.7 Å². The molecule has 0 spiro atoms. The van der Waals surface area contributed by atoms with Crippen LogP contribution in [0.4, 0.5) is 10.2 Å². The summed E-state index contributed by atoms with van der Waals surface area (Å²) >= 11 is 1.10. The summed E-state index contributed by atoms with van der Waals surface area (Å²) in [6.45, 7) is 3.76. The Morgan fingerprint density at radius 1 is 1.15 bits per heavy atom. The van der Waals surface area contributed by atoms with Gasteiger partial charge in [0.25, 0.3) is 0 Å². The normalized spacial score (nSPS) is 10.8. The van der Waals surface area contributed by atoms with Crippen LogP contribution < -0.4 is 11.2 Å². The van der Waals surface area contributed by atoms with Crippen molar-refractivity contribution in [3.05, 3.63) is 88.6 Å². The minimum absolute atomic E-state index is 0.00202. The number of thioether (sulfide) groups is 1. The van der Waals surface area contributed by atoms with Gasteiger partial charge in [0.1, 0.15) is 17.7 Å². The number of nitrogens with zero attached hydrogens (tertiary/aromatic N) is 5. The van der Waals surface area contributed by atoms with Gasteiger partial charge in [-0.1, -0.05) is 48.2 Å². The van der Waals surface area contributed by atoms with E-state index in [0.29, 0.717) is 27.9 Å². The van der Waals surface area contributed by atoms with Gasteiger partial charge < -0.3 is 11.2 Å². The van der Waals surface area contributed by atoms with Crippen molar-refractivity contribution in [2.24, 2.45) is 0 Å². The number of halogens is 1. The van der Waals surface area contributed by atoms with Gasteiger partial charge in [-0.2, -0.15) is 5.26 Å². The number of rotatable bonds is 7. The van der Waals surface area contributed by atoms with Crippen molar-refractivity contribution in [1.29, 1.82) is 5.26 Å². The highest BCUT2D eigenvalue weighted by Gasteiger charge is 2.21. The number of aromatic nitrogens is 4. The van der Waals surface area contributed by atoms with Crippen molar-refractivity contribution in [2.45, 2.75) is 25.4 Å². The lowest BCUT2D eigenvalue weighted by molar-refractivity contribution is -0.113. The van der Waals surface area contributed by atoms with Gasteiger partial charge in [0.15, 0.2) is 5.82 Å². The van der Waals surface area contributed by atoms with Crippen molar-refractivity contribution in [1.82, 2.24) is 19.4 Å². The first kappa shape index (κ1) is 23.1. The molecule has 4 rings (SSSR count). The first-order chi connectivity index (χ1) is 16.4. The molecule has 2 heterocycles. The van der Waals surface area contributed by atoms with E-state index in [1.807, 2.05) is 48.7 Å². The Kier molecular flexibility index (Phi) is 6.65. The van der Waals surface area contributed by atoms with Gasteiger partial charge in [-0.25, -0.2) is 9.07 Å². The van der Waals surface area contributed by atoms with Crippen molar-refractivity contribution in [3.8, 4) is 11.8 Å². The number of nitriles is 1. The molecule has 0 saturated carbocycles. The zero-order chi connectivity index (χ0) is 24.2. The van der Waals surface area contributed by atoms with Gasteiger partial charge in [0, 0.05) is 17.8 Å². The minimum Gasteiger partial charge on any atom is -0.336 e. The second kappa shape index (κ2) is 9.80. The van der Waals surface area contributed by atoms with E-state index < -0.39 is 0 Å². The van der Waals surface area contributed by atoms with Crippen LogP contribution in [-0.2, 0) is 11.2 Å². The number of amides is 1. The van der Waals surface area contributed by atoms with E-state index in [2.05, 4.69) is 21.6 Å². The quantitative estimate of drug-likeness (QED) is 0.311. The molecular weight excluding hydrogens is 453 g/mol. The van der Waals surface area contributed by atoms with Gasteiger partial charge in [-0.15, -0.1) is 10.2 Å². The summed E-state index contributed by atoms with van der Waals surface area (Å²) in [4.78, 5) is 12.8. The summed E-state index contributed by atoms with van der Waals surface area (Å²) in [7, 11) is 0. The Morgan fingerprint density at radius 3 is 2.56 bits per heavy atom. The van der Waals surface area contributed by atoms with Gasteiger partial charge in [-0.05, 0) is 43.2 Å². The molecule has 0 radical (unpaired) electrons. The van der Waals surface area contributed by atoms with E-state index in [9.17, 15) is 14.4 Å². The van der Waals surface area contributed by atoms with Crippen LogP contribution >= 0.6 is 11.8 Å². The van der Waals surface area contributed by atoms with Gasteiger partial charge in [0.05, 0.1) is 11.3 Å². The molecule has 0 bridgehead atoms. The number of nitrogens with two attached hydrogens (primary N) is 1. The summed E-state index contributed by atoms with van der Waals surface area (Å²) in [5, 5.41) is 21.0. The molecule has 0 fully saturated rings. The molecule has 0 saturated heterocycles. The third-order valence-electron chi connectivity index (χ3n) is 5.47. The Morgan fingerprint density at radius 2 is 1.85 bits per heavy atom. The van der Waals surface area contributed by atoms with E-state index in [4.69, 9.17) is 5.84 Å². The van der Waals surface area contributed by atoms with Crippen LogP contribution in [0.25, 0.3) is 5.69 Å². The zero-order valence-corrected chi connectivity index (χ0v) is 19.4. The van der Waals surface area contributed by atoms with Gasteiger partial charge in [-0.3, -0.25) is 9.36 Å². The van der Waals surface area contributed by atoms with Gasteiger partial charge >= 0.3 is 0 Å². The molecule has 0 atom stereocenters. The standard InChI is InChI=1S/C24H22FN7OS/c1-15-16(2)31(18-9-4-3-5-10-18)23(19(15)13-26)28-22(33)14-34-24-30-29-21(32(24)27)12-17-8-6-7-11-20(17)25/h3-11H,12,14,27H2,1-2H3,(H,28,33).